The predicted molar refractivity (Wildman–Crippen MR) is 78.3 cm³/mol. The summed E-state index contributed by atoms with van der Waals surface area (Å²) < 4.78 is 15.2. The fraction of sp³-hybridized carbons (Fsp3) is 0.231. The first-order valence-electron chi connectivity index (χ1n) is 6.46. The Balaban J connectivity index is 2.03. The number of para-hydroxylation sites is 1. The molecule has 21 heavy (non-hydrogen) atoms. The number of hydrogen-bond donors (Lipinski definition) is 2. The first-order valence-corrected chi connectivity index (χ1v) is 6.83. The number of amidine groups is 1. The van der Waals surface area contributed by atoms with Crippen molar-refractivity contribution < 1.29 is 4.39 Å². The van der Waals surface area contributed by atoms with Gasteiger partial charge in [0.1, 0.15) is 16.7 Å². The zero-order valence-corrected chi connectivity index (χ0v) is 12.3. The number of aromatic nitrogens is 2. The Morgan fingerprint density at radius 2 is 2.05 bits per heavy atom. The summed E-state index contributed by atoms with van der Waals surface area (Å²) in [5, 5.41) is 10.4. The second kappa shape index (κ2) is 5.34. The zero-order valence-electron chi connectivity index (χ0n) is 11.5. The lowest BCUT2D eigenvalue weighted by molar-refractivity contribution is 0.246. The van der Waals surface area contributed by atoms with E-state index in [1.54, 1.807) is 24.4 Å². The topological polar surface area (TPSA) is 57.5 Å². The third-order valence-electron chi connectivity index (χ3n) is 3.11. The summed E-state index contributed by atoms with van der Waals surface area (Å²) >= 11 is 6.35. The van der Waals surface area contributed by atoms with E-state index in [2.05, 4.69) is 21.3 Å². The second-order valence-electron chi connectivity index (χ2n) is 4.84. The molecule has 0 amide bonds. The highest BCUT2D eigenvalue weighted by Gasteiger charge is 2.26. The molecule has 3 rings (SSSR count). The van der Waals surface area contributed by atoms with E-state index in [-0.39, 0.29) is 11.9 Å². The largest absolute Gasteiger partial charge is 0.268 e. The minimum atomic E-state index is -0.389. The molecule has 2 aromatic rings. The zero-order chi connectivity index (χ0) is 15.0. The smallest absolute Gasteiger partial charge is 0.178 e. The van der Waals surface area contributed by atoms with E-state index < -0.39 is 0 Å². The summed E-state index contributed by atoms with van der Waals surface area (Å²) in [6, 6.07) is 6.49. The van der Waals surface area contributed by atoms with E-state index in [1.165, 1.54) is 10.7 Å². The SMILES string of the molecule is CC(C)N1NNN=C1c1cnn(-c2ccccc2F)c1Cl. The molecule has 1 aliphatic heterocycles. The van der Waals surface area contributed by atoms with Gasteiger partial charge in [0.15, 0.2) is 5.84 Å². The molecule has 1 aromatic carbocycles. The maximum absolute atomic E-state index is 13.9. The van der Waals surface area contributed by atoms with Crippen LogP contribution >= 0.6 is 11.6 Å². The average Bonchev–Trinajstić information content (AvgIpc) is 3.06. The molecule has 0 spiro atoms. The highest BCUT2D eigenvalue weighted by atomic mass is 35.5. The number of rotatable bonds is 3. The Kier molecular flexibility index (Phi) is 3.52. The van der Waals surface area contributed by atoms with E-state index in [4.69, 9.17) is 11.6 Å². The predicted octanol–water partition coefficient (Wildman–Crippen LogP) is 2.06. The summed E-state index contributed by atoms with van der Waals surface area (Å²) in [7, 11) is 0. The van der Waals surface area contributed by atoms with Crippen LogP contribution in [-0.2, 0) is 0 Å². The second-order valence-corrected chi connectivity index (χ2v) is 5.19. The first-order chi connectivity index (χ1) is 10.1. The molecule has 110 valence electrons. The van der Waals surface area contributed by atoms with Crippen LogP contribution in [0.5, 0.6) is 0 Å². The highest BCUT2D eigenvalue weighted by Crippen LogP contribution is 2.24. The van der Waals surface area contributed by atoms with Gasteiger partial charge in [-0.25, -0.2) is 14.6 Å². The van der Waals surface area contributed by atoms with Crippen LogP contribution in [-0.4, -0.2) is 26.7 Å². The van der Waals surface area contributed by atoms with Crippen LogP contribution in [0.2, 0.25) is 5.15 Å². The lowest BCUT2D eigenvalue weighted by Crippen LogP contribution is -2.45. The average molecular weight is 309 g/mol. The molecule has 0 saturated heterocycles. The molecule has 6 nitrogen and oxygen atoms in total. The van der Waals surface area contributed by atoms with Crippen molar-refractivity contribution in [1.29, 1.82) is 0 Å². The summed E-state index contributed by atoms with van der Waals surface area (Å²) in [6.45, 7) is 4.01. The molecule has 0 bridgehead atoms. The molecule has 8 heteroatoms. The Hall–Kier alpha value is -2.12. The standard InChI is InChI=1S/C13H14ClFN6/c1-8(2)20-13(17-18-19-20)9-7-16-21(12(9)14)11-6-4-3-5-10(11)15/h3-8,18-19H,1-2H3. The molecule has 0 unspecified atom stereocenters. The van der Waals surface area contributed by atoms with Crippen molar-refractivity contribution in [3.8, 4) is 5.69 Å². The third-order valence-corrected chi connectivity index (χ3v) is 3.47. The van der Waals surface area contributed by atoms with Crippen LogP contribution < -0.4 is 11.1 Å². The maximum atomic E-state index is 13.9. The van der Waals surface area contributed by atoms with Crippen LogP contribution in [0, 0.1) is 5.82 Å². The van der Waals surface area contributed by atoms with Gasteiger partial charge < -0.3 is 0 Å². The summed E-state index contributed by atoms with van der Waals surface area (Å²) in [4.78, 5) is 0. The fourth-order valence-corrected chi connectivity index (χ4v) is 2.35. The van der Waals surface area contributed by atoms with Crippen LogP contribution in [0.15, 0.2) is 35.6 Å². The van der Waals surface area contributed by atoms with Crippen molar-refractivity contribution in [3.63, 3.8) is 0 Å². The molecule has 2 heterocycles. The van der Waals surface area contributed by atoms with Crippen molar-refractivity contribution in [2.75, 3.05) is 0 Å². The molecule has 0 aliphatic carbocycles. The van der Waals surface area contributed by atoms with E-state index in [0.717, 1.165) is 0 Å². The lowest BCUT2D eigenvalue weighted by atomic mass is 10.2. The fourth-order valence-electron chi connectivity index (χ4n) is 2.08. The van der Waals surface area contributed by atoms with Crippen molar-refractivity contribution >= 4 is 17.4 Å². The highest BCUT2D eigenvalue weighted by molar-refractivity contribution is 6.33. The molecular formula is C13H14ClFN6. The van der Waals surface area contributed by atoms with E-state index in [0.29, 0.717) is 22.2 Å². The number of benzene rings is 1. The third kappa shape index (κ3) is 2.34. The van der Waals surface area contributed by atoms with Crippen LogP contribution in [0.3, 0.4) is 0 Å². The van der Waals surface area contributed by atoms with Gasteiger partial charge in [-0.3, -0.25) is 5.01 Å². The van der Waals surface area contributed by atoms with Gasteiger partial charge in [0.25, 0.3) is 0 Å². The maximum Gasteiger partial charge on any atom is 0.178 e. The monoisotopic (exact) mass is 308 g/mol. The first kappa shape index (κ1) is 13.8. The van der Waals surface area contributed by atoms with E-state index >= 15 is 0 Å². The van der Waals surface area contributed by atoms with Gasteiger partial charge in [0, 0.05) is 6.04 Å². The van der Waals surface area contributed by atoms with Gasteiger partial charge in [-0.1, -0.05) is 23.7 Å². The van der Waals surface area contributed by atoms with E-state index in [9.17, 15) is 4.39 Å². The van der Waals surface area contributed by atoms with Gasteiger partial charge in [-0.2, -0.15) is 5.10 Å². The van der Waals surface area contributed by atoms with E-state index in [1.807, 2.05) is 18.9 Å². The summed E-state index contributed by atoms with van der Waals surface area (Å²) in [5.41, 5.74) is 6.50. The summed E-state index contributed by atoms with van der Waals surface area (Å²) in [6.07, 6.45) is 1.57. The Morgan fingerprint density at radius 3 is 2.76 bits per heavy atom. The van der Waals surface area contributed by atoms with Crippen molar-refractivity contribution in [2.24, 2.45) is 5.10 Å². The van der Waals surface area contributed by atoms with Gasteiger partial charge in [0.2, 0.25) is 0 Å². The molecule has 0 atom stereocenters. The normalized spacial score (nSPS) is 14.5. The van der Waals surface area contributed by atoms with Gasteiger partial charge >= 0.3 is 0 Å². The number of halogens is 2. The number of nitrogens with zero attached hydrogens (tertiary/aromatic N) is 4. The van der Waals surface area contributed by atoms with Crippen molar-refractivity contribution in [1.82, 2.24) is 25.9 Å². The quantitative estimate of drug-likeness (QED) is 0.911. The summed E-state index contributed by atoms with van der Waals surface area (Å²) in [5.74, 6) is 0.219. The molecule has 0 fully saturated rings. The number of hydrazine groups is 2. The molecular weight excluding hydrogens is 295 g/mol. The van der Waals surface area contributed by atoms with Gasteiger partial charge in [0.05, 0.1) is 11.8 Å². The number of hydrogen-bond acceptors (Lipinski definition) is 5. The lowest BCUT2D eigenvalue weighted by Gasteiger charge is -2.22. The minimum Gasteiger partial charge on any atom is -0.268 e. The number of nitrogens with one attached hydrogen (secondary N) is 2. The van der Waals surface area contributed by atoms with Gasteiger partial charge in [-0.15, -0.1) is 10.6 Å². The molecule has 0 saturated carbocycles. The molecule has 2 N–H and O–H groups in total. The van der Waals surface area contributed by atoms with Crippen molar-refractivity contribution in [2.45, 2.75) is 19.9 Å². The number of hydrazone groups is 1. The van der Waals surface area contributed by atoms with Gasteiger partial charge in [-0.05, 0) is 26.0 Å². The minimum absolute atomic E-state index is 0.159. The Labute approximate surface area is 126 Å². The Morgan fingerprint density at radius 1 is 1.29 bits per heavy atom. The molecule has 1 aliphatic rings. The molecule has 0 radical (unpaired) electrons. The van der Waals surface area contributed by atoms with Crippen molar-refractivity contribution in [3.05, 3.63) is 47.0 Å². The molecule has 1 aromatic heterocycles. The Bertz CT molecular complexity index is 696. The van der Waals surface area contributed by atoms with Crippen LogP contribution in [0.1, 0.15) is 19.4 Å². The van der Waals surface area contributed by atoms with Crippen LogP contribution in [0.25, 0.3) is 5.69 Å². The van der Waals surface area contributed by atoms with Crippen LogP contribution in [0.4, 0.5) is 4.39 Å².